The third-order valence-electron chi connectivity index (χ3n) is 1.66. The van der Waals surface area contributed by atoms with Gasteiger partial charge >= 0.3 is 5.97 Å². The van der Waals surface area contributed by atoms with Crippen LogP contribution in [0.25, 0.3) is 0 Å². The van der Waals surface area contributed by atoms with Crippen LogP contribution in [0.15, 0.2) is 36.4 Å². The second-order valence-electron chi connectivity index (χ2n) is 2.70. The molecule has 1 rings (SSSR count). The maximum absolute atomic E-state index is 10.2. The van der Waals surface area contributed by atoms with Crippen molar-refractivity contribution in [1.29, 1.82) is 0 Å². The Hall–Kier alpha value is -1.97. The number of carboxylic acids is 1. The van der Waals surface area contributed by atoms with Gasteiger partial charge in [-0.15, -0.1) is 0 Å². The van der Waals surface area contributed by atoms with Crippen molar-refractivity contribution in [1.82, 2.24) is 0 Å². The van der Waals surface area contributed by atoms with Crippen molar-refractivity contribution in [3.63, 3.8) is 0 Å². The molecule has 0 atom stereocenters. The average Bonchev–Trinajstić information content (AvgIpc) is 2.24. The van der Waals surface area contributed by atoms with Gasteiger partial charge in [0, 0.05) is 6.08 Å². The van der Waals surface area contributed by atoms with E-state index in [4.69, 9.17) is 14.6 Å². The molecular formula is C11H12O4. The first-order valence-electron chi connectivity index (χ1n) is 4.39. The van der Waals surface area contributed by atoms with Gasteiger partial charge in [0.15, 0.2) is 11.5 Å². The van der Waals surface area contributed by atoms with Gasteiger partial charge < -0.3 is 14.6 Å². The van der Waals surface area contributed by atoms with E-state index < -0.39 is 5.97 Å². The molecule has 0 heterocycles. The van der Waals surface area contributed by atoms with Crippen molar-refractivity contribution in [3.05, 3.63) is 36.4 Å². The fourth-order valence-electron chi connectivity index (χ4n) is 1.02. The predicted octanol–water partition coefficient (Wildman–Crippen LogP) is 1.71. The Morgan fingerprint density at radius 1 is 1.40 bits per heavy atom. The maximum Gasteiger partial charge on any atom is 0.328 e. The lowest BCUT2D eigenvalue weighted by atomic mass is 10.3. The van der Waals surface area contributed by atoms with Gasteiger partial charge in [-0.25, -0.2) is 4.79 Å². The standard InChI is InChI=1S/C11H12O4/c1-14-9-5-2-3-6-10(9)15-8-4-7-11(12)13/h2-7H,8H2,1H3,(H,12,13)/b7-4+. The molecule has 0 saturated carbocycles. The molecule has 0 saturated heterocycles. The molecule has 0 fully saturated rings. The van der Waals surface area contributed by atoms with Gasteiger partial charge in [0.1, 0.15) is 6.61 Å². The summed E-state index contributed by atoms with van der Waals surface area (Å²) in [7, 11) is 1.55. The van der Waals surface area contributed by atoms with Crippen LogP contribution in [-0.2, 0) is 4.79 Å². The van der Waals surface area contributed by atoms with E-state index in [1.54, 1.807) is 19.2 Å². The van der Waals surface area contributed by atoms with Crippen LogP contribution in [0.3, 0.4) is 0 Å². The molecule has 0 unspecified atom stereocenters. The molecule has 1 aromatic carbocycles. The van der Waals surface area contributed by atoms with Gasteiger partial charge in [0.25, 0.3) is 0 Å². The highest BCUT2D eigenvalue weighted by Gasteiger charge is 2.00. The van der Waals surface area contributed by atoms with Crippen molar-refractivity contribution in [2.75, 3.05) is 13.7 Å². The second kappa shape index (κ2) is 5.70. The molecule has 0 aliphatic rings. The lowest BCUT2D eigenvalue weighted by molar-refractivity contribution is -0.131. The van der Waals surface area contributed by atoms with Crippen molar-refractivity contribution < 1.29 is 19.4 Å². The molecule has 80 valence electrons. The number of methoxy groups -OCH3 is 1. The van der Waals surface area contributed by atoms with Crippen molar-refractivity contribution in [3.8, 4) is 11.5 Å². The molecule has 1 aromatic rings. The van der Waals surface area contributed by atoms with Crippen molar-refractivity contribution in [2.24, 2.45) is 0 Å². The van der Waals surface area contributed by atoms with Gasteiger partial charge in [0.2, 0.25) is 0 Å². The van der Waals surface area contributed by atoms with E-state index in [0.717, 1.165) is 6.08 Å². The zero-order chi connectivity index (χ0) is 11.1. The molecule has 0 bridgehead atoms. The summed E-state index contributed by atoms with van der Waals surface area (Å²) in [6, 6.07) is 7.18. The van der Waals surface area contributed by atoms with Gasteiger partial charge in [-0.05, 0) is 18.2 Å². The molecule has 0 amide bonds. The average molecular weight is 208 g/mol. The molecule has 0 spiro atoms. The van der Waals surface area contributed by atoms with E-state index in [2.05, 4.69) is 0 Å². The van der Waals surface area contributed by atoms with Crippen LogP contribution in [-0.4, -0.2) is 24.8 Å². The van der Waals surface area contributed by atoms with Crippen LogP contribution in [0.1, 0.15) is 0 Å². The second-order valence-corrected chi connectivity index (χ2v) is 2.70. The maximum atomic E-state index is 10.2. The Bertz CT molecular complexity index is 357. The normalized spacial score (nSPS) is 10.2. The number of benzene rings is 1. The zero-order valence-corrected chi connectivity index (χ0v) is 8.34. The fourth-order valence-corrected chi connectivity index (χ4v) is 1.02. The summed E-state index contributed by atoms with van der Waals surface area (Å²) in [5.74, 6) is 0.231. The molecule has 0 aromatic heterocycles. The number of carbonyl (C=O) groups is 1. The SMILES string of the molecule is COc1ccccc1OC/C=C/C(=O)O. The first-order valence-corrected chi connectivity index (χ1v) is 4.39. The van der Waals surface area contributed by atoms with Crippen LogP contribution in [0, 0.1) is 0 Å². The van der Waals surface area contributed by atoms with E-state index >= 15 is 0 Å². The van der Waals surface area contributed by atoms with Crippen LogP contribution >= 0.6 is 0 Å². The van der Waals surface area contributed by atoms with E-state index in [9.17, 15) is 4.79 Å². The fraction of sp³-hybridized carbons (Fsp3) is 0.182. The lowest BCUT2D eigenvalue weighted by Gasteiger charge is -2.07. The topological polar surface area (TPSA) is 55.8 Å². The molecular weight excluding hydrogens is 196 g/mol. The monoisotopic (exact) mass is 208 g/mol. The Labute approximate surface area is 87.7 Å². The number of hydrogen-bond acceptors (Lipinski definition) is 3. The molecule has 0 aliphatic heterocycles. The van der Waals surface area contributed by atoms with E-state index in [1.807, 2.05) is 12.1 Å². The predicted molar refractivity (Wildman–Crippen MR) is 55.3 cm³/mol. The third kappa shape index (κ3) is 3.72. The summed E-state index contributed by atoms with van der Waals surface area (Å²) in [6.07, 6.45) is 2.46. The Morgan fingerprint density at radius 2 is 2.07 bits per heavy atom. The smallest absolute Gasteiger partial charge is 0.328 e. The number of hydrogen-bond donors (Lipinski definition) is 1. The number of rotatable bonds is 5. The zero-order valence-electron chi connectivity index (χ0n) is 8.34. The van der Waals surface area contributed by atoms with Crippen LogP contribution in [0.4, 0.5) is 0 Å². The summed E-state index contributed by atoms with van der Waals surface area (Å²) >= 11 is 0. The number of carboxylic acid groups (broad SMARTS) is 1. The van der Waals surface area contributed by atoms with E-state index in [-0.39, 0.29) is 6.61 Å². The molecule has 4 heteroatoms. The summed E-state index contributed by atoms with van der Waals surface area (Å²) in [5.41, 5.74) is 0. The van der Waals surface area contributed by atoms with Gasteiger partial charge in [0.05, 0.1) is 7.11 Å². The number of ether oxygens (including phenoxy) is 2. The van der Waals surface area contributed by atoms with Crippen molar-refractivity contribution >= 4 is 5.97 Å². The van der Waals surface area contributed by atoms with E-state index in [1.165, 1.54) is 6.08 Å². The minimum absolute atomic E-state index is 0.201. The molecule has 0 radical (unpaired) electrons. The van der Waals surface area contributed by atoms with Crippen LogP contribution in [0.5, 0.6) is 11.5 Å². The molecule has 1 N–H and O–H groups in total. The minimum Gasteiger partial charge on any atom is -0.493 e. The summed E-state index contributed by atoms with van der Waals surface area (Å²) in [6.45, 7) is 0.201. The van der Waals surface area contributed by atoms with Gasteiger partial charge in [-0.2, -0.15) is 0 Å². The van der Waals surface area contributed by atoms with Crippen LogP contribution in [0.2, 0.25) is 0 Å². The molecule has 15 heavy (non-hydrogen) atoms. The number of para-hydroxylation sites is 2. The minimum atomic E-state index is -0.987. The molecule has 0 aliphatic carbocycles. The molecule has 4 nitrogen and oxygen atoms in total. The quantitative estimate of drug-likeness (QED) is 0.748. The number of aliphatic carboxylic acids is 1. The largest absolute Gasteiger partial charge is 0.493 e. The van der Waals surface area contributed by atoms with E-state index in [0.29, 0.717) is 11.5 Å². The van der Waals surface area contributed by atoms with Crippen molar-refractivity contribution in [2.45, 2.75) is 0 Å². The summed E-state index contributed by atoms with van der Waals surface area (Å²) < 4.78 is 10.4. The first-order chi connectivity index (χ1) is 7.24. The Kier molecular flexibility index (Phi) is 4.22. The highest BCUT2D eigenvalue weighted by Crippen LogP contribution is 2.25. The Balaban J connectivity index is 2.53. The highest BCUT2D eigenvalue weighted by atomic mass is 16.5. The Morgan fingerprint density at radius 3 is 2.67 bits per heavy atom. The lowest BCUT2D eigenvalue weighted by Crippen LogP contribution is -1.97. The van der Waals surface area contributed by atoms with Crippen LogP contribution < -0.4 is 9.47 Å². The highest BCUT2D eigenvalue weighted by molar-refractivity contribution is 5.79. The summed E-state index contributed by atoms with van der Waals surface area (Å²) in [4.78, 5) is 10.2. The third-order valence-corrected chi connectivity index (χ3v) is 1.66. The summed E-state index contributed by atoms with van der Waals surface area (Å²) in [5, 5.41) is 8.34. The first kappa shape index (κ1) is 11.1. The van der Waals surface area contributed by atoms with Gasteiger partial charge in [-0.1, -0.05) is 12.1 Å². The van der Waals surface area contributed by atoms with Gasteiger partial charge in [-0.3, -0.25) is 0 Å².